The van der Waals surface area contributed by atoms with Crippen LogP contribution in [0.2, 0.25) is 0 Å². The van der Waals surface area contributed by atoms with Crippen LogP contribution in [0.4, 0.5) is 0 Å². The first-order chi connectivity index (χ1) is 4.70. The van der Waals surface area contributed by atoms with Crippen molar-refractivity contribution in [2.24, 2.45) is 4.99 Å². The van der Waals surface area contributed by atoms with E-state index in [1.807, 2.05) is 25.2 Å². The highest BCUT2D eigenvalue weighted by Crippen LogP contribution is 1.94. The Hall–Kier alpha value is -0.500. The number of alkyl halides is 1. The molecule has 0 saturated heterocycles. The van der Waals surface area contributed by atoms with Crippen molar-refractivity contribution in [1.82, 2.24) is 4.90 Å². The van der Waals surface area contributed by atoms with Gasteiger partial charge >= 0.3 is 0 Å². The van der Waals surface area contributed by atoms with Crippen molar-refractivity contribution >= 4 is 17.8 Å². The van der Waals surface area contributed by atoms with Gasteiger partial charge in [-0.05, 0) is 0 Å². The van der Waals surface area contributed by atoms with Crippen LogP contribution in [0.25, 0.3) is 0 Å². The highest BCUT2D eigenvalue weighted by molar-refractivity contribution is 6.21. The van der Waals surface area contributed by atoms with E-state index < -0.39 is 0 Å². The van der Waals surface area contributed by atoms with E-state index in [9.17, 15) is 0 Å². The summed E-state index contributed by atoms with van der Waals surface area (Å²) in [6.45, 7) is 0. The second-order valence-corrected chi connectivity index (χ2v) is 2.46. The number of nitrogens with zero attached hydrogens (tertiary/aromatic N) is 2. The van der Waals surface area contributed by atoms with E-state index in [0.717, 1.165) is 5.57 Å². The second kappa shape index (κ2) is 5.30. The summed E-state index contributed by atoms with van der Waals surface area (Å²) in [6.07, 6.45) is 3.70. The van der Waals surface area contributed by atoms with Gasteiger partial charge in [0.15, 0.2) is 0 Å². The Balaban J connectivity index is 4.04. The zero-order chi connectivity index (χ0) is 7.98. The summed E-state index contributed by atoms with van der Waals surface area (Å²) in [5.74, 6) is 0.509. The molecule has 0 aromatic heterocycles. The summed E-state index contributed by atoms with van der Waals surface area (Å²) in [5.41, 5.74) is 1.02. The molecule has 2 nitrogen and oxygen atoms in total. The summed E-state index contributed by atoms with van der Waals surface area (Å²) in [6, 6.07) is 0. The second-order valence-electron chi connectivity index (χ2n) is 2.19. The van der Waals surface area contributed by atoms with Gasteiger partial charge in [0, 0.05) is 39.1 Å². The van der Waals surface area contributed by atoms with Gasteiger partial charge < -0.3 is 4.90 Å². The van der Waals surface area contributed by atoms with Crippen LogP contribution in [-0.4, -0.2) is 38.1 Å². The van der Waals surface area contributed by atoms with Gasteiger partial charge in [-0.25, -0.2) is 0 Å². The number of halogens is 1. The highest BCUT2D eigenvalue weighted by Gasteiger charge is 1.88. The molecular formula is C7H13ClN2. The molecule has 0 heterocycles. The molecule has 0 spiro atoms. The van der Waals surface area contributed by atoms with E-state index in [1.165, 1.54) is 0 Å². The van der Waals surface area contributed by atoms with Gasteiger partial charge in [-0.15, -0.1) is 11.6 Å². The number of allylic oxidation sites excluding steroid dienone is 1. The SMILES string of the molecule is CN=CC(=CN(C)C)CCl. The van der Waals surface area contributed by atoms with Gasteiger partial charge in [0.2, 0.25) is 0 Å². The predicted octanol–water partition coefficient (Wildman–Crippen LogP) is 1.37. The minimum absolute atomic E-state index is 0.509. The van der Waals surface area contributed by atoms with Crippen molar-refractivity contribution in [3.8, 4) is 0 Å². The number of hydrogen-bond donors (Lipinski definition) is 0. The first-order valence-corrected chi connectivity index (χ1v) is 3.59. The highest BCUT2D eigenvalue weighted by atomic mass is 35.5. The summed E-state index contributed by atoms with van der Waals surface area (Å²) >= 11 is 5.60. The largest absolute Gasteiger partial charge is 0.383 e. The molecule has 0 fully saturated rings. The normalized spacial score (nSPS) is 12.6. The molecule has 0 N–H and O–H groups in total. The average molecular weight is 161 g/mol. The lowest BCUT2D eigenvalue weighted by molar-refractivity contribution is 0.561. The fraction of sp³-hybridized carbons (Fsp3) is 0.571. The van der Waals surface area contributed by atoms with E-state index in [0.29, 0.717) is 5.88 Å². The molecule has 0 unspecified atom stereocenters. The van der Waals surface area contributed by atoms with Crippen molar-refractivity contribution in [2.45, 2.75) is 0 Å². The van der Waals surface area contributed by atoms with Crippen LogP contribution in [0.5, 0.6) is 0 Å². The minimum atomic E-state index is 0.509. The van der Waals surface area contributed by atoms with Crippen molar-refractivity contribution in [2.75, 3.05) is 27.0 Å². The van der Waals surface area contributed by atoms with E-state index in [4.69, 9.17) is 11.6 Å². The third kappa shape index (κ3) is 4.39. The van der Waals surface area contributed by atoms with Crippen LogP contribution in [0.3, 0.4) is 0 Å². The topological polar surface area (TPSA) is 15.6 Å². The molecule has 10 heavy (non-hydrogen) atoms. The average Bonchev–Trinajstić information content (AvgIpc) is 1.86. The molecule has 0 aromatic carbocycles. The van der Waals surface area contributed by atoms with E-state index >= 15 is 0 Å². The van der Waals surface area contributed by atoms with Gasteiger partial charge in [-0.3, -0.25) is 4.99 Å². The molecule has 0 aliphatic carbocycles. The molecular weight excluding hydrogens is 148 g/mol. The molecule has 0 aromatic rings. The van der Waals surface area contributed by atoms with Gasteiger partial charge in [-0.2, -0.15) is 0 Å². The zero-order valence-electron chi connectivity index (χ0n) is 6.63. The Morgan fingerprint density at radius 1 is 1.60 bits per heavy atom. The van der Waals surface area contributed by atoms with E-state index in [2.05, 4.69) is 4.99 Å². The quantitative estimate of drug-likeness (QED) is 0.450. The molecule has 0 aliphatic rings. The monoisotopic (exact) mass is 160 g/mol. The molecule has 3 heteroatoms. The van der Waals surface area contributed by atoms with Crippen LogP contribution in [0.1, 0.15) is 0 Å². The molecule has 58 valence electrons. The molecule has 0 aliphatic heterocycles. The first-order valence-electron chi connectivity index (χ1n) is 3.06. The van der Waals surface area contributed by atoms with Gasteiger partial charge in [0.1, 0.15) is 0 Å². The lowest BCUT2D eigenvalue weighted by Gasteiger charge is -2.05. The maximum atomic E-state index is 5.60. The van der Waals surface area contributed by atoms with Crippen molar-refractivity contribution in [3.63, 3.8) is 0 Å². The standard InChI is InChI=1S/C7H13ClN2/c1-9-5-7(4-8)6-10(2)3/h5-6H,4H2,1-3H3. The molecule has 0 bridgehead atoms. The van der Waals surface area contributed by atoms with Gasteiger partial charge in [-0.1, -0.05) is 0 Å². The fourth-order valence-electron chi connectivity index (χ4n) is 0.600. The van der Waals surface area contributed by atoms with Crippen molar-refractivity contribution in [3.05, 3.63) is 11.8 Å². The number of hydrogen-bond acceptors (Lipinski definition) is 2. The molecule has 0 rings (SSSR count). The zero-order valence-corrected chi connectivity index (χ0v) is 7.39. The smallest absolute Gasteiger partial charge is 0.0503 e. The Kier molecular flexibility index (Phi) is 5.03. The van der Waals surface area contributed by atoms with Crippen molar-refractivity contribution < 1.29 is 0 Å². The maximum Gasteiger partial charge on any atom is 0.0503 e. The summed E-state index contributed by atoms with van der Waals surface area (Å²) in [5, 5.41) is 0. The molecule has 0 saturated carbocycles. The third-order valence-corrected chi connectivity index (χ3v) is 1.18. The maximum absolute atomic E-state index is 5.60. The minimum Gasteiger partial charge on any atom is -0.383 e. The molecule has 0 atom stereocenters. The summed E-state index contributed by atoms with van der Waals surface area (Å²) < 4.78 is 0. The van der Waals surface area contributed by atoms with Crippen LogP contribution < -0.4 is 0 Å². The third-order valence-electron chi connectivity index (χ3n) is 0.873. The van der Waals surface area contributed by atoms with Crippen molar-refractivity contribution in [1.29, 1.82) is 0 Å². The Morgan fingerprint density at radius 2 is 2.20 bits per heavy atom. The van der Waals surface area contributed by atoms with E-state index in [1.54, 1.807) is 13.3 Å². The lowest BCUT2D eigenvalue weighted by Crippen LogP contribution is -2.04. The summed E-state index contributed by atoms with van der Waals surface area (Å²) in [7, 11) is 5.64. The molecule has 0 radical (unpaired) electrons. The Bertz CT molecular complexity index is 139. The number of aliphatic imine (C=N–C) groups is 1. The van der Waals surface area contributed by atoms with E-state index in [-0.39, 0.29) is 0 Å². The fourth-order valence-corrected chi connectivity index (χ4v) is 0.738. The number of rotatable bonds is 3. The van der Waals surface area contributed by atoms with Gasteiger partial charge in [0.05, 0.1) is 5.88 Å². The predicted molar refractivity (Wildman–Crippen MR) is 46.9 cm³/mol. The van der Waals surface area contributed by atoms with Crippen LogP contribution >= 0.6 is 11.6 Å². The van der Waals surface area contributed by atoms with Crippen LogP contribution in [0.15, 0.2) is 16.8 Å². The molecule has 0 amide bonds. The Morgan fingerprint density at radius 3 is 2.50 bits per heavy atom. The Labute approximate surface area is 67.2 Å². The van der Waals surface area contributed by atoms with Crippen LogP contribution in [-0.2, 0) is 0 Å². The van der Waals surface area contributed by atoms with Crippen LogP contribution in [0, 0.1) is 0 Å². The first kappa shape index (κ1) is 9.50. The lowest BCUT2D eigenvalue weighted by atomic mass is 10.3. The summed E-state index contributed by atoms with van der Waals surface area (Å²) in [4.78, 5) is 5.80. The van der Waals surface area contributed by atoms with Gasteiger partial charge in [0.25, 0.3) is 0 Å².